The van der Waals surface area contributed by atoms with Crippen LogP contribution in [0, 0.1) is 6.92 Å². The summed E-state index contributed by atoms with van der Waals surface area (Å²) >= 11 is 0. The molecular formula is C17H29NO. The van der Waals surface area contributed by atoms with Gasteiger partial charge in [0.05, 0.1) is 12.3 Å². The number of hydrogen-bond donors (Lipinski definition) is 1. The van der Waals surface area contributed by atoms with Crippen LogP contribution in [0.5, 0.6) is 5.75 Å². The smallest absolute Gasteiger partial charge is 0.142 e. The standard InChI is InChI=1S/C17H29NO/c1-5-7-8-9-15(4)18-16-11-10-14(3)13-17(16)19-12-6-2/h10-11,13,15,18H,5-9,12H2,1-4H3. The number of anilines is 1. The van der Waals surface area contributed by atoms with Gasteiger partial charge in [-0.2, -0.15) is 0 Å². The molecule has 2 nitrogen and oxygen atoms in total. The van der Waals surface area contributed by atoms with Crippen molar-refractivity contribution in [1.82, 2.24) is 0 Å². The first kappa shape index (κ1) is 15.9. The minimum Gasteiger partial charge on any atom is -0.491 e. The maximum absolute atomic E-state index is 5.83. The molecule has 0 heterocycles. The Labute approximate surface area is 118 Å². The van der Waals surface area contributed by atoms with Crippen molar-refractivity contribution in [3.63, 3.8) is 0 Å². The van der Waals surface area contributed by atoms with E-state index in [9.17, 15) is 0 Å². The number of aryl methyl sites for hydroxylation is 1. The highest BCUT2D eigenvalue weighted by Gasteiger charge is 2.07. The van der Waals surface area contributed by atoms with Crippen LogP contribution < -0.4 is 10.1 Å². The lowest BCUT2D eigenvalue weighted by Gasteiger charge is -2.18. The normalized spacial score (nSPS) is 12.2. The van der Waals surface area contributed by atoms with E-state index >= 15 is 0 Å². The minimum atomic E-state index is 0.498. The third-order valence-electron chi connectivity index (χ3n) is 3.24. The molecule has 0 amide bonds. The van der Waals surface area contributed by atoms with Gasteiger partial charge in [-0.15, -0.1) is 0 Å². The first-order valence-electron chi connectivity index (χ1n) is 7.67. The summed E-state index contributed by atoms with van der Waals surface area (Å²) in [6.45, 7) is 9.51. The number of hydrogen-bond acceptors (Lipinski definition) is 2. The molecule has 1 aromatic rings. The zero-order valence-electron chi connectivity index (χ0n) is 13.0. The van der Waals surface area contributed by atoms with Gasteiger partial charge in [0, 0.05) is 6.04 Å². The molecular weight excluding hydrogens is 234 g/mol. The highest BCUT2D eigenvalue weighted by atomic mass is 16.5. The van der Waals surface area contributed by atoms with Gasteiger partial charge in [-0.3, -0.25) is 0 Å². The molecule has 0 aromatic heterocycles. The fourth-order valence-electron chi connectivity index (χ4n) is 2.12. The molecule has 0 spiro atoms. The first-order chi connectivity index (χ1) is 9.17. The van der Waals surface area contributed by atoms with Crippen LogP contribution in [0.2, 0.25) is 0 Å². The van der Waals surface area contributed by atoms with Crippen molar-refractivity contribution in [2.24, 2.45) is 0 Å². The van der Waals surface area contributed by atoms with Crippen LogP contribution in [0.25, 0.3) is 0 Å². The predicted molar refractivity (Wildman–Crippen MR) is 84.2 cm³/mol. The molecule has 0 radical (unpaired) electrons. The highest BCUT2D eigenvalue weighted by Crippen LogP contribution is 2.27. The SMILES string of the molecule is CCCCCC(C)Nc1ccc(C)cc1OCCC. The quantitative estimate of drug-likeness (QED) is 0.621. The van der Waals surface area contributed by atoms with Crippen molar-refractivity contribution in [1.29, 1.82) is 0 Å². The van der Waals surface area contributed by atoms with Crippen molar-refractivity contribution in [3.05, 3.63) is 23.8 Å². The Kier molecular flexibility index (Phi) is 7.39. The lowest BCUT2D eigenvalue weighted by atomic mass is 10.1. The van der Waals surface area contributed by atoms with Crippen LogP contribution in [0.3, 0.4) is 0 Å². The summed E-state index contributed by atoms with van der Waals surface area (Å²) in [5, 5.41) is 3.58. The largest absolute Gasteiger partial charge is 0.491 e. The maximum atomic E-state index is 5.83. The average Bonchev–Trinajstić information content (AvgIpc) is 2.39. The topological polar surface area (TPSA) is 21.3 Å². The van der Waals surface area contributed by atoms with Crippen LogP contribution in [-0.4, -0.2) is 12.6 Å². The van der Waals surface area contributed by atoms with Gasteiger partial charge in [0.1, 0.15) is 5.75 Å². The molecule has 2 heteroatoms. The van der Waals surface area contributed by atoms with E-state index in [1.165, 1.54) is 31.2 Å². The summed E-state index contributed by atoms with van der Waals surface area (Å²) < 4.78 is 5.83. The number of unbranched alkanes of at least 4 members (excludes halogenated alkanes) is 2. The second-order valence-electron chi connectivity index (χ2n) is 5.39. The number of benzene rings is 1. The summed E-state index contributed by atoms with van der Waals surface area (Å²) in [5.74, 6) is 0.990. The van der Waals surface area contributed by atoms with Gasteiger partial charge in [0.2, 0.25) is 0 Å². The fourth-order valence-corrected chi connectivity index (χ4v) is 2.12. The fraction of sp³-hybridized carbons (Fsp3) is 0.647. The molecule has 0 aliphatic carbocycles. The molecule has 19 heavy (non-hydrogen) atoms. The Bertz CT molecular complexity index is 362. The van der Waals surface area contributed by atoms with E-state index in [0.717, 1.165) is 24.5 Å². The summed E-state index contributed by atoms with van der Waals surface area (Å²) in [6, 6.07) is 6.89. The summed E-state index contributed by atoms with van der Waals surface area (Å²) in [5.41, 5.74) is 2.37. The molecule has 0 saturated heterocycles. The zero-order valence-corrected chi connectivity index (χ0v) is 13.0. The van der Waals surface area contributed by atoms with E-state index in [-0.39, 0.29) is 0 Å². The number of ether oxygens (including phenoxy) is 1. The Morgan fingerprint density at radius 3 is 2.63 bits per heavy atom. The minimum absolute atomic E-state index is 0.498. The molecule has 1 atom stereocenters. The third-order valence-corrected chi connectivity index (χ3v) is 3.24. The van der Waals surface area contributed by atoms with E-state index in [1.807, 2.05) is 0 Å². The number of rotatable bonds is 9. The Balaban J connectivity index is 2.60. The summed E-state index contributed by atoms with van der Waals surface area (Å²) in [7, 11) is 0. The maximum Gasteiger partial charge on any atom is 0.142 e. The van der Waals surface area contributed by atoms with Crippen LogP contribution in [0.1, 0.15) is 58.4 Å². The van der Waals surface area contributed by atoms with Crippen molar-refractivity contribution < 1.29 is 4.74 Å². The Hall–Kier alpha value is -1.18. The van der Waals surface area contributed by atoms with Crippen molar-refractivity contribution in [2.45, 2.75) is 65.8 Å². The zero-order chi connectivity index (χ0) is 14.1. The molecule has 1 unspecified atom stereocenters. The monoisotopic (exact) mass is 263 g/mol. The first-order valence-corrected chi connectivity index (χ1v) is 7.67. The molecule has 0 aliphatic rings. The van der Waals surface area contributed by atoms with Gasteiger partial charge in [-0.05, 0) is 44.4 Å². The second-order valence-corrected chi connectivity index (χ2v) is 5.39. The van der Waals surface area contributed by atoms with Gasteiger partial charge in [0.15, 0.2) is 0 Å². The molecule has 0 fully saturated rings. The lowest BCUT2D eigenvalue weighted by molar-refractivity contribution is 0.318. The van der Waals surface area contributed by atoms with E-state index < -0.39 is 0 Å². The van der Waals surface area contributed by atoms with E-state index in [2.05, 4.69) is 51.2 Å². The Morgan fingerprint density at radius 1 is 1.16 bits per heavy atom. The average molecular weight is 263 g/mol. The third kappa shape index (κ3) is 6.00. The van der Waals surface area contributed by atoms with Crippen molar-refractivity contribution in [3.8, 4) is 5.75 Å². The van der Waals surface area contributed by atoms with E-state index in [0.29, 0.717) is 6.04 Å². The predicted octanol–water partition coefficient (Wildman–Crippen LogP) is 5.16. The number of nitrogens with one attached hydrogen (secondary N) is 1. The van der Waals surface area contributed by atoms with E-state index in [1.54, 1.807) is 0 Å². The van der Waals surface area contributed by atoms with Crippen LogP contribution in [0.4, 0.5) is 5.69 Å². The van der Waals surface area contributed by atoms with Crippen LogP contribution >= 0.6 is 0 Å². The van der Waals surface area contributed by atoms with Gasteiger partial charge in [-0.1, -0.05) is 39.2 Å². The molecule has 1 N–H and O–H groups in total. The highest BCUT2D eigenvalue weighted by molar-refractivity contribution is 5.58. The molecule has 108 valence electrons. The van der Waals surface area contributed by atoms with Gasteiger partial charge in [0.25, 0.3) is 0 Å². The van der Waals surface area contributed by atoms with Gasteiger partial charge in [-0.25, -0.2) is 0 Å². The van der Waals surface area contributed by atoms with Crippen molar-refractivity contribution in [2.75, 3.05) is 11.9 Å². The molecule has 1 rings (SSSR count). The summed E-state index contributed by atoms with van der Waals surface area (Å²) in [4.78, 5) is 0. The van der Waals surface area contributed by atoms with Crippen LogP contribution in [-0.2, 0) is 0 Å². The van der Waals surface area contributed by atoms with Gasteiger partial charge >= 0.3 is 0 Å². The summed E-state index contributed by atoms with van der Waals surface area (Å²) in [6.07, 6.45) is 6.15. The molecule has 0 aliphatic heterocycles. The van der Waals surface area contributed by atoms with Crippen LogP contribution in [0.15, 0.2) is 18.2 Å². The van der Waals surface area contributed by atoms with E-state index in [4.69, 9.17) is 4.74 Å². The molecule has 1 aromatic carbocycles. The molecule has 0 bridgehead atoms. The Morgan fingerprint density at radius 2 is 1.95 bits per heavy atom. The van der Waals surface area contributed by atoms with Crippen molar-refractivity contribution >= 4 is 5.69 Å². The van der Waals surface area contributed by atoms with Gasteiger partial charge < -0.3 is 10.1 Å². The second kappa shape index (κ2) is 8.84. The lowest BCUT2D eigenvalue weighted by Crippen LogP contribution is -2.15. The molecule has 0 saturated carbocycles.